The molecule has 0 aromatic heterocycles. The minimum atomic E-state index is -3.98. The molecular weight excluding hydrogens is 458 g/mol. The summed E-state index contributed by atoms with van der Waals surface area (Å²) < 4.78 is 51.6. The van der Waals surface area contributed by atoms with Crippen molar-refractivity contribution < 1.29 is 27.2 Å². The fourth-order valence-electron chi connectivity index (χ4n) is 3.25. The topological polar surface area (TPSA) is 71.1 Å². The molecular formula is C25H38O6P2. The highest BCUT2D eigenvalue weighted by Gasteiger charge is 2.45. The van der Waals surface area contributed by atoms with Crippen molar-refractivity contribution in [3.63, 3.8) is 0 Å². The molecule has 0 aliphatic heterocycles. The van der Waals surface area contributed by atoms with Gasteiger partial charge in [0.25, 0.3) is 0 Å². The molecule has 0 spiro atoms. The lowest BCUT2D eigenvalue weighted by Gasteiger charge is -2.27. The molecule has 2 rings (SSSR count). The molecule has 0 unspecified atom stereocenters. The quantitative estimate of drug-likeness (QED) is 0.230. The molecule has 8 heteroatoms. The Bertz CT molecular complexity index is 957. The fourth-order valence-corrected chi connectivity index (χ4v) is 8.10. The van der Waals surface area contributed by atoms with Gasteiger partial charge in [-0.3, -0.25) is 9.13 Å². The number of hydrogen-bond donors (Lipinski definition) is 0. The van der Waals surface area contributed by atoms with E-state index >= 15 is 0 Å². The van der Waals surface area contributed by atoms with Crippen molar-refractivity contribution in [1.82, 2.24) is 0 Å². The molecule has 0 amide bonds. The van der Waals surface area contributed by atoms with E-state index in [2.05, 4.69) is 6.07 Å². The van der Waals surface area contributed by atoms with Crippen molar-refractivity contribution in [2.24, 2.45) is 0 Å². The Hall–Kier alpha value is -1.26. The zero-order valence-electron chi connectivity index (χ0n) is 20.5. The standard InChI is InChI=1S/C25H38O6P2/c1-6-14-28-32(26,29-15-7-2)25(33(27,30-16-8-3)31-17-9-4)20-23-19-21(5)18-22-12-10-11-13-24(22)23/h10-13,18-20H,6-9,14-17H2,1-5H3. The van der Waals surface area contributed by atoms with E-state index in [0.29, 0.717) is 25.7 Å². The summed E-state index contributed by atoms with van der Waals surface area (Å²) in [6.07, 6.45) is 4.19. The van der Waals surface area contributed by atoms with Gasteiger partial charge in [0.2, 0.25) is 0 Å². The summed E-state index contributed by atoms with van der Waals surface area (Å²) in [4.78, 5) is 0. The normalized spacial score (nSPS) is 12.3. The van der Waals surface area contributed by atoms with Crippen molar-refractivity contribution in [2.45, 2.75) is 60.3 Å². The minimum Gasteiger partial charge on any atom is -0.305 e. The Kier molecular flexibility index (Phi) is 11.5. The third kappa shape index (κ3) is 7.62. The van der Waals surface area contributed by atoms with Crippen molar-refractivity contribution >= 4 is 32.0 Å². The maximum absolute atomic E-state index is 14.2. The summed E-state index contributed by atoms with van der Waals surface area (Å²) in [6.45, 7) is 10.5. The van der Waals surface area contributed by atoms with Gasteiger partial charge >= 0.3 is 15.2 Å². The highest BCUT2D eigenvalue weighted by molar-refractivity contribution is 7.79. The van der Waals surface area contributed by atoms with Crippen LogP contribution < -0.4 is 0 Å². The van der Waals surface area contributed by atoms with E-state index in [1.54, 1.807) is 6.08 Å². The van der Waals surface area contributed by atoms with Gasteiger partial charge in [0.05, 0.1) is 26.4 Å². The molecule has 0 atom stereocenters. The highest BCUT2D eigenvalue weighted by atomic mass is 31.2. The molecule has 0 aliphatic rings. The van der Waals surface area contributed by atoms with Crippen LogP contribution >= 0.6 is 15.2 Å². The van der Waals surface area contributed by atoms with E-state index in [1.807, 2.05) is 65.0 Å². The molecule has 2 aromatic carbocycles. The molecule has 0 radical (unpaired) electrons. The lowest BCUT2D eigenvalue weighted by Crippen LogP contribution is -2.07. The monoisotopic (exact) mass is 496 g/mol. The molecule has 6 nitrogen and oxygen atoms in total. The SMILES string of the molecule is CCCOP(=O)(OCCC)C(=Cc1cc(C)cc2ccccc12)P(=O)(OCCC)OCCC. The number of benzene rings is 2. The molecule has 0 heterocycles. The van der Waals surface area contributed by atoms with Crippen LogP contribution in [0.5, 0.6) is 0 Å². The largest absolute Gasteiger partial charge is 0.369 e. The van der Waals surface area contributed by atoms with Gasteiger partial charge in [-0.25, -0.2) is 0 Å². The Morgan fingerprint density at radius 3 is 1.67 bits per heavy atom. The molecule has 0 saturated heterocycles. The smallest absolute Gasteiger partial charge is 0.305 e. The predicted molar refractivity (Wildman–Crippen MR) is 137 cm³/mol. The average molecular weight is 497 g/mol. The molecule has 0 saturated carbocycles. The molecule has 2 aromatic rings. The third-order valence-corrected chi connectivity index (χ3v) is 9.69. The molecule has 0 fully saturated rings. The number of hydrogen-bond acceptors (Lipinski definition) is 6. The van der Waals surface area contributed by atoms with Crippen LogP contribution in [-0.4, -0.2) is 26.4 Å². The highest BCUT2D eigenvalue weighted by Crippen LogP contribution is 2.74. The van der Waals surface area contributed by atoms with E-state index in [1.165, 1.54) is 0 Å². The van der Waals surface area contributed by atoms with Crippen molar-refractivity contribution in [3.8, 4) is 0 Å². The number of aryl methyl sites for hydroxylation is 1. The summed E-state index contributed by atoms with van der Waals surface area (Å²) in [7, 11) is -7.95. The summed E-state index contributed by atoms with van der Waals surface area (Å²) in [5.41, 5.74) is 1.79. The maximum atomic E-state index is 14.2. The molecule has 33 heavy (non-hydrogen) atoms. The van der Waals surface area contributed by atoms with Crippen molar-refractivity contribution in [2.75, 3.05) is 26.4 Å². The van der Waals surface area contributed by atoms with Gasteiger partial charge in [-0.15, -0.1) is 0 Å². The van der Waals surface area contributed by atoms with Gasteiger partial charge in [0.1, 0.15) is 0 Å². The van der Waals surface area contributed by atoms with Gasteiger partial charge < -0.3 is 18.1 Å². The number of rotatable bonds is 15. The van der Waals surface area contributed by atoms with Gasteiger partial charge in [0.15, 0.2) is 5.06 Å². The molecule has 0 bridgehead atoms. The molecule has 184 valence electrons. The summed E-state index contributed by atoms with van der Waals surface area (Å²) in [6, 6.07) is 11.9. The van der Waals surface area contributed by atoms with Crippen LogP contribution in [0, 0.1) is 6.92 Å². The second-order valence-electron chi connectivity index (χ2n) is 7.91. The zero-order valence-corrected chi connectivity index (χ0v) is 22.3. The van der Waals surface area contributed by atoms with Gasteiger partial charge in [-0.2, -0.15) is 0 Å². The van der Waals surface area contributed by atoms with Crippen LogP contribution in [0.4, 0.5) is 0 Å². The predicted octanol–water partition coefficient (Wildman–Crippen LogP) is 8.54. The second kappa shape index (κ2) is 13.6. The van der Waals surface area contributed by atoms with Gasteiger partial charge in [-0.1, -0.05) is 64.1 Å². The van der Waals surface area contributed by atoms with Crippen LogP contribution in [0.15, 0.2) is 41.5 Å². The van der Waals surface area contributed by atoms with E-state index in [0.717, 1.165) is 21.9 Å². The first kappa shape index (κ1) is 28.0. The van der Waals surface area contributed by atoms with E-state index < -0.39 is 15.2 Å². The Morgan fingerprint density at radius 1 is 0.758 bits per heavy atom. The van der Waals surface area contributed by atoms with Crippen molar-refractivity contribution in [3.05, 3.63) is 52.6 Å². The Labute approximate surface area is 198 Å². The average Bonchev–Trinajstić information content (AvgIpc) is 2.82. The zero-order chi connectivity index (χ0) is 24.3. The third-order valence-electron chi connectivity index (χ3n) is 4.75. The van der Waals surface area contributed by atoms with Gasteiger partial charge in [-0.05, 0) is 60.6 Å². The van der Waals surface area contributed by atoms with Crippen molar-refractivity contribution in [1.29, 1.82) is 0 Å². The van der Waals surface area contributed by atoms with Crippen LogP contribution in [0.2, 0.25) is 0 Å². The fraction of sp³-hybridized carbons (Fsp3) is 0.520. The van der Waals surface area contributed by atoms with E-state index in [4.69, 9.17) is 18.1 Å². The minimum absolute atomic E-state index is 0.0328. The Morgan fingerprint density at radius 2 is 1.21 bits per heavy atom. The van der Waals surface area contributed by atoms with Gasteiger partial charge in [0, 0.05) is 0 Å². The first-order valence-corrected chi connectivity index (χ1v) is 14.9. The molecule has 0 aliphatic carbocycles. The first-order valence-electron chi connectivity index (χ1n) is 11.8. The van der Waals surface area contributed by atoms with Crippen LogP contribution in [-0.2, 0) is 27.2 Å². The number of fused-ring (bicyclic) bond motifs is 1. The second-order valence-corrected chi connectivity index (χ2v) is 12.2. The summed E-state index contributed by atoms with van der Waals surface area (Å²) in [5, 5.41) is 1.94. The van der Waals surface area contributed by atoms with Crippen LogP contribution in [0.3, 0.4) is 0 Å². The lowest BCUT2D eigenvalue weighted by molar-refractivity contribution is 0.199. The summed E-state index contributed by atoms with van der Waals surface area (Å²) >= 11 is 0. The first-order chi connectivity index (χ1) is 15.8. The summed E-state index contributed by atoms with van der Waals surface area (Å²) in [5.74, 6) is 0. The van der Waals surface area contributed by atoms with Crippen LogP contribution in [0.25, 0.3) is 16.8 Å². The lowest BCUT2D eigenvalue weighted by atomic mass is 10.0. The van der Waals surface area contributed by atoms with E-state index in [9.17, 15) is 9.13 Å². The van der Waals surface area contributed by atoms with Crippen LogP contribution in [0.1, 0.15) is 64.5 Å². The Balaban J connectivity index is 2.80. The molecule has 0 N–H and O–H groups in total. The van der Waals surface area contributed by atoms with E-state index in [-0.39, 0.29) is 31.5 Å². The maximum Gasteiger partial charge on any atom is 0.369 e.